The summed E-state index contributed by atoms with van der Waals surface area (Å²) in [5.41, 5.74) is 2.61. The first-order chi connectivity index (χ1) is 8.88. The Labute approximate surface area is 109 Å². The molecule has 0 spiro atoms. The van der Waals surface area contributed by atoms with Crippen LogP contribution in [0.3, 0.4) is 0 Å². The lowest BCUT2D eigenvalue weighted by atomic mass is 9.90. The molecule has 3 rings (SSSR count). The first-order valence-corrected chi connectivity index (χ1v) is 7.33. The van der Waals surface area contributed by atoms with Crippen molar-refractivity contribution in [1.82, 2.24) is 10.1 Å². The third kappa shape index (κ3) is 2.26. The van der Waals surface area contributed by atoms with Crippen molar-refractivity contribution in [3.8, 4) is 0 Å². The highest BCUT2D eigenvalue weighted by Gasteiger charge is 2.27. The van der Waals surface area contributed by atoms with Gasteiger partial charge in [-0.2, -0.15) is 0 Å². The molecule has 3 heterocycles. The van der Waals surface area contributed by atoms with E-state index in [0.29, 0.717) is 5.92 Å². The van der Waals surface area contributed by atoms with Crippen LogP contribution >= 0.6 is 0 Å². The summed E-state index contributed by atoms with van der Waals surface area (Å²) >= 11 is 0. The summed E-state index contributed by atoms with van der Waals surface area (Å²) in [5.74, 6) is 1.56. The molecule has 100 valence electrons. The van der Waals surface area contributed by atoms with Gasteiger partial charge >= 0.3 is 0 Å². The van der Waals surface area contributed by atoms with E-state index in [9.17, 15) is 0 Å². The minimum absolute atomic E-state index is 0.611. The summed E-state index contributed by atoms with van der Waals surface area (Å²) in [6.07, 6.45) is 6.08. The van der Waals surface area contributed by atoms with E-state index in [1.54, 1.807) is 0 Å². The highest BCUT2D eigenvalue weighted by molar-refractivity contribution is 5.45. The van der Waals surface area contributed by atoms with Gasteiger partial charge in [-0.3, -0.25) is 0 Å². The number of hydrogen-bond acceptors (Lipinski definition) is 4. The molecule has 4 heteroatoms. The topological polar surface area (TPSA) is 41.3 Å². The van der Waals surface area contributed by atoms with Crippen molar-refractivity contribution >= 4 is 5.88 Å². The zero-order valence-electron chi connectivity index (χ0n) is 11.2. The zero-order valence-corrected chi connectivity index (χ0v) is 11.2. The normalized spacial score (nSPS) is 22.3. The molecule has 0 aliphatic carbocycles. The molecule has 0 radical (unpaired) electrons. The lowest BCUT2D eigenvalue weighted by Gasteiger charge is -2.30. The molecule has 1 fully saturated rings. The van der Waals surface area contributed by atoms with Crippen molar-refractivity contribution in [3.05, 3.63) is 11.3 Å². The van der Waals surface area contributed by atoms with Gasteiger partial charge in [-0.05, 0) is 51.7 Å². The fourth-order valence-electron chi connectivity index (χ4n) is 3.17. The lowest BCUT2D eigenvalue weighted by molar-refractivity contribution is 0.218. The highest BCUT2D eigenvalue weighted by atomic mass is 16.5. The number of likely N-dealkylation sites (tertiary alicyclic amines) is 1. The Bertz CT molecular complexity index is 394. The summed E-state index contributed by atoms with van der Waals surface area (Å²) in [6, 6.07) is 0. The SMILES string of the molecule is CCN1CCC(c2noc3c2CCCCN3)CC1. The Morgan fingerprint density at radius 3 is 2.94 bits per heavy atom. The molecule has 0 amide bonds. The van der Waals surface area contributed by atoms with Crippen LogP contribution in [0.15, 0.2) is 4.52 Å². The van der Waals surface area contributed by atoms with E-state index in [1.807, 2.05) is 0 Å². The summed E-state index contributed by atoms with van der Waals surface area (Å²) in [4.78, 5) is 2.52. The van der Waals surface area contributed by atoms with E-state index in [2.05, 4.69) is 22.3 Å². The van der Waals surface area contributed by atoms with E-state index in [0.717, 1.165) is 18.8 Å². The molecular weight excluding hydrogens is 226 g/mol. The van der Waals surface area contributed by atoms with Crippen molar-refractivity contribution in [2.45, 2.75) is 44.9 Å². The Kier molecular flexibility index (Phi) is 3.55. The third-order valence-electron chi connectivity index (χ3n) is 4.38. The molecular formula is C14H23N3O. The first kappa shape index (κ1) is 12.0. The van der Waals surface area contributed by atoms with Gasteiger partial charge < -0.3 is 14.7 Å². The molecule has 0 bridgehead atoms. The lowest BCUT2D eigenvalue weighted by Crippen LogP contribution is -2.32. The van der Waals surface area contributed by atoms with Gasteiger partial charge in [-0.1, -0.05) is 12.1 Å². The maximum absolute atomic E-state index is 5.50. The average molecular weight is 249 g/mol. The number of nitrogens with zero attached hydrogens (tertiary/aromatic N) is 2. The number of fused-ring (bicyclic) bond motifs is 1. The molecule has 0 saturated carbocycles. The molecule has 1 saturated heterocycles. The third-order valence-corrected chi connectivity index (χ3v) is 4.38. The quantitative estimate of drug-likeness (QED) is 0.875. The van der Waals surface area contributed by atoms with Gasteiger partial charge in [-0.25, -0.2) is 0 Å². The second kappa shape index (κ2) is 5.31. The van der Waals surface area contributed by atoms with Crippen LogP contribution in [0.2, 0.25) is 0 Å². The van der Waals surface area contributed by atoms with Crippen molar-refractivity contribution in [1.29, 1.82) is 0 Å². The van der Waals surface area contributed by atoms with Crippen molar-refractivity contribution in [2.24, 2.45) is 0 Å². The van der Waals surface area contributed by atoms with Gasteiger partial charge in [0.2, 0.25) is 5.88 Å². The summed E-state index contributed by atoms with van der Waals surface area (Å²) < 4.78 is 5.50. The van der Waals surface area contributed by atoms with Gasteiger partial charge in [0.1, 0.15) is 0 Å². The Morgan fingerprint density at radius 1 is 1.33 bits per heavy atom. The molecule has 0 unspecified atom stereocenters. The number of aromatic nitrogens is 1. The van der Waals surface area contributed by atoms with Crippen LogP contribution in [0.25, 0.3) is 0 Å². The standard InChI is InChI=1S/C14H23N3O/c1-2-17-9-6-11(7-10-17)13-12-5-3-4-8-15-14(12)18-16-13/h11,15H,2-10H2,1H3. The summed E-state index contributed by atoms with van der Waals surface area (Å²) in [6.45, 7) is 6.85. The molecule has 1 aromatic rings. The van der Waals surface area contributed by atoms with E-state index in [1.165, 1.54) is 56.6 Å². The fourth-order valence-corrected chi connectivity index (χ4v) is 3.17. The second-order valence-electron chi connectivity index (χ2n) is 5.47. The van der Waals surface area contributed by atoms with Crippen molar-refractivity contribution < 1.29 is 4.52 Å². The van der Waals surface area contributed by atoms with Crippen LogP contribution in [0.1, 0.15) is 49.8 Å². The molecule has 1 aromatic heterocycles. The number of piperidine rings is 1. The molecule has 2 aliphatic rings. The van der Waals surface area contributed by atoms with E-state index >= 15 is 0 Å². The Balaban J connectivity index is 1.75. The van der Waals surface area contributed by atoms with E-state index < -0.39 is 0 Å². The average Bonchev–Trinajstić information content (AvgIpc) is 2.68. The van der Waals surface area contributed by atoms with Crippen LogP contribution in [-0.4, -0.2) is 36.2 Å². The van der Waals surface area contributed by atoms with Gasteiger partial charge in [0, 0.05) is 18.0 Å². The maximum atomic E-state index is 5.50. The summed E-state index contributed by atoms with van der Waals surface area (Å²) in [7, 11) is 0. The Morgan fingerprint density at radius 2 is 2.17 bits per heavy atom. The maximum Gasteiger partial charge on any atom is 0.228 e. The Hall–Kier alpha value is -1.03. The number of rotatable bonds is 2. The van der Waals surface area contributed by atoms with Gasteiger partial charge in [0.15, 0.2) is 0 Å². The predicted molar refractivity (Wildman–Crippen MR) is 72.0 cm³/mol. The van der Waals surface area contributed by atoms with E-state index in [-0.39, 0.29) is 0 Å². The summed E-state index contributed by atoms with van der Waals surface area (Å²) in [5, 5.41) is 7.72. The van der Waals surface area contributed by atoms with Crippen molar-refractivity contribution in [2.75, 3.05) is 31.5 Å². The largest absolute Gasteiger partial charge is 0.354 e. The number of nitrogens with one attached hydrogen (secondary N) is 1. The molecule has 0 atom stereocenters. The van der Waals surface area contributed by atoms with Crippen LogP contribution < -0.4 is 5.32 Å². The highest BCUT2D eigenvalue weighted by Crippen LogP contribution is 2.34. The smallest absolute Gasteiger partial charge is 0.228 e. The molecule has 2 aliphatic heterocycles. The number of anilines is 1. The number of hydrogen-bond donors (Lipinski definition) is 1. The molecule has 1 N–H and O–H groups in total. The zero-order chi connectivity index (χ0) is 12.4. The predicted octanol–water partition coefficient (Wildman–Crippen LogP) is 2.62. The van der Waals surface area contributed by atoms with Crippen LogP contribution in [0, 0.1) is 0 Å². The van der Waals surface area contributed by atoms with Gasteiger partial charge in [-0.15, -0.1) is 0 Å². The molecule has 18 heavy (non-hydrogen) atoms. The van der Waals surface area contributed by atoms with Crippen molar-refractivity contribution in [3.63, 3.8) is 0 Å². The second-order valence-corrected chi connectivity index (χ2v) is 5.47. The molecule has 0 aromatic carbocycles. The van der Waals surface area contributed by atoms with Gasteiger partial charge in [0.05, 0.1) is 5.69 Å². The first-order valence-electron chi connectivity index (χ1n) is 7.33. The van der Waals surface area contributed by atoms with Crippen LogP contribution in [0.4, 0.5) is 5.88 Å². The minimum atomic E-state index is 0.611. The molecule has 4 nitrogen and oxygen atoms in total. The fraction of sp³-hybridized carbons (Fsp3) is 0.786. The minimum Gasteiger partial charge on any atom is -0.354 e. The van der Waals surface area contributed by atoms with Crippen LogP contribution in [0.5, 0.6) is 0 Å². The van der Waals surface area contributed by atoms with Gasteiger partial charge in [0.25, 0.3) is 0 Å². The monoisotopic (exact) mass is 249 g/mol. The van der Waals surface area contributed by atoms with E-state index in [4.69, 9.17) is 4.52 Å². The van der Waals surface area contributed by atoms with Crippen LogP contribution in [-0.2, 0) is 6.42 Å².